The largest absolute Gasteiger partial charge is 0.374 e. The van der Waals surface area contributed by atoms with E-state index in [4.69, 9.17) is 0 Å². The van der Waals surface area contributed by atoms with Crippen LogP contribution in [0.2, 0.25) is 0 Å². The molecule has 1 aliphatic rings. The molecule has 0 radical (unpaired) electrons. The molecule has 0 saturated carbocycles. The van der Waals surface area contributed by atoms with Crippen LogP contribution >= 0.6 is 23.1 Å². The van der Waals surface area contributed by atoms with E-state index in [1.165, 1.54) is 0 Å². The number of aliphatic hydroxyl groups excluding tert-OH is 2. The molecule has 164 valence electrons. The van der Waals surface area contributed by atoms with Crippen molar-refractivity contribution in [2.45, 2.75) is 38.1 Å². The van der Waals surface area contributed by atoms with Gasteiger partial charge in [-0.25, -0.2) is 0 Å². The van der Waals surface area contributed by atoms with E-state index in [0.717, 1.165) is 36.4 Å². The van der Waals surface area contributed by atoms with Gasteiger partial charge in [0.1, 0.15) is 10.9 Å². The average molecular weight is 464 g/mol. The minimum Gasteiger partial charge on any atom is -0.374 e. The van der Waals surface area contributed by atoms with Gasteiger partial charge in [0.15, 0.2) is 0 Å². The number of thiazole rings is 1. The molecular weight excluding hydrogens is 436 g/mol. The van der Waals surface area contributed by atoms with E-state index in [2.05, 4.69) is 31.2 Å². The van der Waals surface area contributed by atoms with Crippen LogP contribution in [0.5, 0.6) is 0 Å². The Bertz CT molecular complexity index is 1240. The molecule has 0 saturated heterocycles. The van der Waals surface area contributed by atoms with Gasteiger partial charge in [0.25, 0.3) is 11.2 Å². The molecule has 1 aliphatic heterocycles. The zero-order valence-corrected chi connectivity index (χ0v) is 20.0. The van der Waals surface area contributed by atoms with Crippen LogP contribution in [0.1, 0.15) is 32.0 Å². The lowest BCUT2D eigenvalue weighted by Crippen LogP contribution is -2.38. The molecule has 0 aliphatic carbocycles. The summed E-state index contributed by atoms with van der Waals surface area (Å²) in [5.41, 5.74) is 3.18. The maximum Gasteiger partial charge on any atom is 0.265 e. The predicted molar refractivity (Wildman–Crippen MR) is 135 cm³/mol. The summed E-state index contributed by atoms with van der Waals surface area (Å²) >= 11 is 3.33. The summed E-state index contributed by atoms with van der Waals surface area (Å²) in [6.45, 7) is 5.61. The first-order chi connectivity index (χ1) is 15.5. The van der Waals surface area contributed by atoms with Crippen LogP contribution in [0.4, 0.5) is 5.69 Å². The van der Waals surface area contributed by atoms with Crippen LogP contribution in [-0.4, -0.2) is 16.4 Å². The SMILES string of the molecule is CC(/C=C/C=C1\Sc2ccccc2N1C(C)O)=C\C=C\c1sc2ccccc2[n+]1C(C)O. The third-order valence-electron chi connectivity index (χ3n) is 5.10. The zero-order chi connectivity index (χ0) is 22.7. The van der Waals surface area contributed by atoms with Crippen LogP contribution in [0.3, 0.4) is 0 Å². The molecule has 0 amide bonds. The fraction of sp³-hybridized carbons (Fsp3) is 0.192. The van der Waals surface area contributed by atoms with Crippen molar-refractivity contribution in [3.05, 3.63) is 94.5 Å². The normalized spacial score (nSPS) is 17.7. The summed E-state index contributed by atoms with van der Waals surface area (Å²) in [6.07, 6.45) is 11.0. The van der Waals surface area contributed by atoms with Crippen LogP contribution < -0.4 is 9.47 Å². The maximum absolute atomic E-state index is 10.2. The van der Waals surface area contributed by atoms with Crippen molar-refractivity contribution < 1.29 is 14.8 Å². The summed E-state index contributed by atoms with van der Waals surface area (Å²) in [5.74, 6) is 0. The van der Waals surface area contributed by atoms with E-state index in [1.807, 2.05) is 70.2 Å². The van der Waals surface area contributed by atoms with Crippen LogP contribution in [0, 0.1) is 0 Å². The van der Waals surface area contributed by atoms with Crippen molar-refractivity contribution >= 4 is 45.1 Å². The Hall–Kier alpha value is -2.64. The fourth-order valence-corrected chi connectivity index (χ4v) is 5.94. The van der Waals surface area contributed by atoms with Gasteiger partial charge in [-0.2, -0.15) is 4.57 Å². The lowest BCUT2D eigenvalue weighted by Gasteiger charge is -2.23. The first kappa shape index (κ1) is 22.6. The molecule has 32 heavy (non-hydrogen) atoms. The molecule has 4 rings (SSSR count). The van der Waals surface area contributed by atoms with Gasteiger partial charge >= 0.3 is 0 Å². The summed E-state index contributed by atoms with van der Waals surface area (Å²) < 4.78 is 3.09. The van der Waals surface area contributed by atoms with E-state index >= 15 is 0 Å². The van der Waals surface area contributed by atoms with E-state index in [-0.39, 0.29) is 0 Å². The predicted octanol–water partition coefficient (Wildman–Crippen LogP) is 6.01. The Morgan fingerprint density at radius 1 is 1.03 bits per heavy atom. The number of rotatable bonds is 6. The Morgan fingerprint density at radius 2 is 1.78 bits per heavy atom. The van der Waals surface area contributed by atoms with E-state index < -0.39 is 12.5 Å². The van der Waals surface area contributed by atoms with Gasteiger partial charge < -0.3 is 15.1 Å². The van der Waals surface area contributed by atoms with Crippen LogP contribution in [0.25, 0.3) is 16.3 Å². The van der Waals surface area contributed by atoms with Gasteiger partial charge in [-0.3, -0.25) is 0 Å². The molecule has 4 nitrogen and oxygen atoms in total. The lowest BCUT2D eigenvalue weighted by atomic mass is 10.2. The topological polar surface area (TPSA) is 47.6 Å². The third-order valence-corrected chi connectivity index (χ3v) is 7.31. The Labute approximate surface area is 197 Å². The first-order valence-corrected chi connectivity index (χ1v) is 12.2. The highest BCUT2D eigenvalue weighted by Gasteiger charge is 2.27. The number of para-hydroxylation sites is 2. The van der Waals surface area contributed by atoms with Crippen molar-refractivity contribution in [2.24, 2.45) is 0 Å². The van der Waals surface area contributed by atoms with Crippen molar-refractivity contribution in [1.82, 2.24) is 0 Å². The van der Waals surface area contributed by atoms with Gasteiger partial charge in [0.05, 0.1) is 10.7 Å². The summed E-state index contributed by atoms with van der Waals surface area (Å²) in [5, 5.41) is 22.5. The second-order valence-electron chi connectivity index (χ2n) is 7.62. The zero-order valence-electron chi connectivity index (χ0n) is 18.3. The number of aromatic nitrogens is 1. The number of nitrogens with zero attached hydrogens (tertiary/aromatic N) is 2. The van der Waals surface area contributed by atoms with E-state index in [1.54, 1.807) is 36.9 Å². The second-order valence-corrected chi connectivity index (χ2v) is 9.74. The van der Waals surface area contributed by atoms with Crippen molar-refractivity contribution in [3.63, 3.8) is 0 Å². The third kappa shape index (κ3) is 4.74. The molecular formula is C26H27N2O2S2+. The quantitative estimate of drug-likeness (QED) is 0.347. The van der Waals surface area contributed by atoms with Crippen LogP contribution in [-0.2, 0) is 0 Å². The minimum atomic E-state index is -0.590. The molecule has 0 bridgehead atoms. The van der Waals surface area contributed by atoms with Gasteiger partial charge in [-0.15, -0.1) is 0 Å². The summed E-state index contributed by atoms with van der Waals surface area (Å²) in [6, 6.07) is 16.2. The van der Waals surface area contributed by atoms with E-state index in [9.17, 15) is 10.2 Å². The van der Waals surface area contributed by atoms with Gasteiger partial charge in [0.2, 0.25) is 5.52 Å². The molecule has 0 fully saturated rings. The summed E-state index contributed by atoms with van der Waals surface area (Å²) in [4.78, 5) is 3.09. The molecule has 6 heteroatoms. The molecule has 2 unspecified atom stereocenters. The number of anilines is 1. The molecule has 2 heterocycles. The van der Waals surface area contributed by atoms with Gasteiger partial charge in [-0.05, 0) is 38.1 Å². The number of hydrogen-bond acceptors (Lipinski definition) is 5. The van der Waals surface area contributed by atoms with Crippen molar-refractivity contribution in [1.29, 1.82) is 0 Å². The Balaban J connectivity index is 1.50. The van der Waals surface area contributed by atoms with Crippen molar-refractivity contribution in [3.8, 4) is 0 Å². The molecule has 2 N–H and O–H groups in total. The first-order valence-electron chi connectivity index (χ1n) is 10.5. The average Bonchev–Trinajstić information content (AvgIpc) is 3.31. The lowest BCUT2D eigenvalue weighted by molar-refractivity contribution is -0.730. The molecule has 0 spiro atoms. The van der Waals surface area contributed by atoms with Gasteiger partial charge in [-0.1, -0.05) is 77.2 Å². The number of hydrogen-bond donors (Lipinski definition) is 2. The highest BCUT2D eigenvalue weighted by Crippen LogP contribution is 2.46. The summed E-state index contributed by atoms with van der Waals surface area (Å²) in [7, 11) is 0. The molecule has 1 aromatic heterocycles. The van der Waals surface area contributed by atoms with Crippen LogP contribution in [0.15, 0.2) is 94.4 Å². The molecule has 3 aromatic rings. The minimum absolute atomic E-state index is 0.590. The molecule has 2 atom stereocenters. The number of fused-ring (bicyclic) bond motifs is 2. The van der Waals surface area contributed by atoms with Crippen molar-refractivity contribution in [2.75, 3.05) is 4.90 Å². The molecule has 2 aromatic carbocycles. The number of allylic oxidation sites excluding steroid dienone is 6. The maximum atomic E-state index is 10.2. The second kappa shape index (κ2) is 9.88. The van der Waals surface area contributed by atoms with Gasteiger partial charge in [0, 0.05) is 24.0 Å². The standard InChI is InChI=1S/C26H27N2O2S2/c1-18(10-8-16-25-27(19(2)29)21-12-4-6-14-23(21)31-25)11-9-17-26-28(20(3)30)22-13-5-7-15-24(22)32-26/h4-17,19-20,29-30H,1-3H3/q+1. The highest BCUT2D eigenvalue weighted by molar-refractivity contribution is 8.03. The smallest absolute Gasteiger partial charge is 0.265 e. The number of benzene rings is 2. The number of thioether (sulfide) groups is 1. The van der Waals surface area contributed by atoms with E-state index in [0.29, 0.717) is 0 Å². The highest BCUT2D eigenvalue weighted by atomic mass is 32.2. The Kier molecular flexibility index (Phi) is 6.96. The number of aliphatic hydroxyl groups is 2. The Morgan fingerprint density at radius 3 is 2.56 bits per heavy atom. The monoisotopic (exact) mass is 463 g/mol. The fourth-order valence-electron chi connectivity index (χ4n) is 3.67.